The molecule has 1 fully saturated rings. The first-order valence-corrected chi connectivity index (χ1v) is 8.02. The van der Waals surface area contributed by atoms with Crippen LogP contribution in [0.5, 0.6) is 11.5 Å². The van der Waals surface area contributed by atoms with Crippen molar-refractivity contribution in [3.8, 4) is 11.5 Å². The molecular weight excluding hydrogens is 308 g/mol. The summed E-state index contributed by atoms with van der Waals surface area (Å²) in [5.41, 5.74) is 1.06. The summed E-state index contributed by atoms with van der Waals surface area (Å²) >= 11 is 0. The number of ether oxygens (including phenoxy) is 3. The van der Waals surface area contributed by atoms with Crippen molar-refractivity contribution in [1.82, 2.24) is 9.88 Å². The number of benzene rings is 1. The van der Waals surface area contributed by atoms with E-state index in [1.165, 1.54) is 6.20 Å². The van der Waals surface area contributed by atoms with Crippen LogP contribution in [-0.2, 0) is 11.3 Å². The van der Waals surface area contributed by atoms with Gasteiger partial charge in [-0.25, -0.2) is 4.79 Å². The lowest BCUT2D eigenvalue weighted by molar-refractivity contribution is -0.225. The zero-order chi connectivity index (χ0) is 16.4. The van der Waals surface area contributed by atoms with Crippen molar-refractivity contribution in [2.75, 3.05) is 13.1 Å². The smallest absolute Gasteiger partial charge is 0.415 e. The lowest BCUT2D eigenvalue weighted by Gasteiger charge is -2.43. The average Bonchev–Trinajstić information content (AvgIpc) is 2.63. The number of amides is 1. The second kappa shape index (κ2) is 6.13. The minimum atomic E-state index is -0.639. The monoisotopic (exact) mass is 326 g/mol. The number of para-hydroxylation sites is 1. The standard InChI is InChI=1S/C18H18N2O4/c21-17(23-15-5-3-9-19-12-15)20-10-7-18(8-11-20)22-13-14-4-1-2-6-16(14)24-18/h1-6,9,12H,7-8,10-11,13H2. The van der Waals surface area contributed by atoms with Crippen molar-refractivity contribution in [1.29, 1.82) is 0 Å². The number of hydrogen-bond acceptors (Lipinski definition) is 5. The molecule has 2 aliphatic heterocycles. The van der Waals surface area contributed by atoms with Crippen LogP contribution in [0.2, 0.25) is 0 Å². The van der Waals surface area contributed by atoms with Crippen molar-refractivity contribution >= 4 is 6.09 Å². The molecule has 124 valence electrons. The largest absolute Gasteiger partial charge is 0.462 e. The third-order valence-electron chi connectivity index (χ3n) is 4.38. The van der Waals surface area contributed by atoms with Gasteiger partial charge in [-0.05, 0) is 18.2 Å². The third-order valence-corrected chi connectivity index (χ3v) is 4.38. The molecule has 0 N–H and O–H groups in total. The molecule has 2 aliphatic rings. The van der Waals surface area contributed by atoms with Gasteiger partial charge in [0.25, 0.3) is 0 Å². The Hall–Kier alpha value is -2.60. The molecule has 6 heteroatoms. The molecule has 1 spiro atoms. The average molecular weight is 326 g/mol. The molecular formula is C18H18N2O4. The van der Waals surface area contributed by atoms with Crippen LogP contribution in [-0.4, -0.2) is 34.9 Å². The van der Waals surface area contributed by atoms with E-state index in [-0.39, 0.29) is 6.09 Å². The van der Waals surface area contributed by atoms with Gasteiger partial charge in [-0.1, -0.05) is 18.2 Å². The predicted molar refractivity (Wildman–Crippen MR) is 85.7 cm³/mol. The van der Waals surface area contributed by atoms with E-state index in [4.69, 9.17) is 14.2 Å². The maximum absolute atomic E-state index is 12.2. The molecule has 0 radical (unpaired) electrons. The molecule has 4 rings (SSSR count). The number of pyridine rings is 1. The molecule has 1 aromatic carbocycles. The van der Waals surface area contributed by atoms with Crippen molar-refractivity contribution in [2.45, 2.75) is 25.2 Å². The van der Waals surface area contributed by atoms with Gasteiger partial charge in [0, 0.05) is 37.7 Å². The van der Waals surface area contributed by atoms with E-state index >= 15 is 0 Å². The summed E-state index contributed by atoms with van der Waals surface area (Å²) in [6.45, 7) is 1.60. The van der Waals surface area contributed by atoms with Gasteiger partial charge in [0.15, 0.2) is 5.75 Å². The maximum Gasteiger partial charge on any atom is 0.415 e. The number of fused-ring (bicyclic) bond motifs is 1. The number of aromatic nitrogens is 1. The highest BCUT2D eigenvalue weighted by Gasteiger charge is 2.42. The molecule has 6 nitrogen and oxygen atoms in total. The fourth-order valence-electron chi connectivity index (χ4n) is 3.01. The van der Waals surface area contributed by atoms with E-state index < -0.39 is 5.79 Å². The number of hydrogen-bond donors (Lipinski definition) is 0. The Morgan fingerprint density at radius 2 is 2.00 bits per heavy atom. The van der Waals surface area contributed by atoms with Crippen LogP contribution in [0, 0.1) is 0 Å². The normalized spacial score (nSPS) is 18.6. The lowest BCUT2D eigenvalue weighted by atomic mass is 10.0. The maximum atomic E-state index is 12.2. The third kappa shape index (κ3) is 2.92. The van der Waals surface area contributed by atoms with Crippen LogP contribution in [0.15, 0.2) is 48.8 Å². The molecule has 2 aromatic rings. The van der Waals surface area contributed by atoms with Gasteiger partial charge in [-0.2, -0.15) is 0 Å². The molecule has 3 heterocycles. The molecule has 0 aliphatic carbocycles. The Kier molecular flexibility index (Phi) is 3.82. The minimum Gasteiger partial charge on any atom is -0.462 e. The van der Waals surface area contributed by atoms with E-state index in [1.54, 1.807) is 23.2 Å². The van der Waals surface area contributed by atoms with Gasteiger partial charge in [0.1, 0.15) is 5.75 Å². The summed E-state index contributed by atoms with van der Waals surface area (Å²) in [6.07, 6.45) is 4.02. The molecule has 0 saturated carbocycles. The van der Waals surface area contributed by atoms with E-state index in [0.29, 0.717) is 38.3 Å². The van der Waals surface area contributed by atoms with E-state index in [1.807, 2.05) is 24.3 Å². The van der Waals surface area contributed by atoms with Gasteiger partial charge in [0.2, 0.25) is 5.79 Å². The molecule has 0 unspecified atom stereocenters. The van der Waals surface area contributed by atoms with Crippen LogP contribution in [0.3, 0.4) is 0 Å². The summed E-state index contributed by atoms with van der Waals surface area (Å²) in [7, 11) is 0. The van der Waals surface area contributed by atoms with Crippen molar-refractivity contribution in [2.24, 2.45) is 0 Å². The Morgan fingerprint density at radius 3 is 2.79 bits per heavy atom. The van der Waals surface area contributed by atoms with E-state index in [0.717, 1.165) is 11.3 Å². The highest BCUT2D eigenvalue weighted by molar-refractivity contribution is 5.70. The van der Waals surface area contributed by atoms with Crippen LogP contribution in [0.4, 0.5) is 4.79 Å². The fraction of sp³-hybridized carbons (Fsp3) is 0.333. The first kappa shape index (κ1) is 15.0. The zero-order valence-electron chi connectivity index (χ0n) is 13.2. The second-order valence-electron chi connectivity index (χ2n) is 5.95. The zero-order valence-corrected chi connectivity index (χ0v) is 13.2. The highest BCUT2D eigenvalue weighted by Crippen LogP contribution is 2.37. The number of carbonyl (C=O) groups excluding carboxylic acids is 1. The van der Waals surface area contributed by atoms with Crippen LogP contribution >= 0.6 is 0 Å². The summed E-state index contributed by atoms with van der Waals surface area (Å²) in [5, 5.41) is 0. The summed E-state index contributed by atoms with van der Waals surface area (Å²) in [6, 6.07) is 11.3. The SMILES string of the molecule is O=C(Oc1cccnc1)N1CCC2(CC1)OCc1ccccc1O2. The number of piperidine rings is 1. The molecule has 0 bridgehead atoms. The van der Waals surface area contributed by atoms with Gasteiger partial charge in [0.05, 0.1) is 12.8 Å². The minimum absolute atomic E-state index is 0.367. The number of rotatable bonds is 1. The first-order valence-electron chi connectivity index (χ1n) is 8.02. The summed E-state index contributed by atoms with van der Waals surface area (Å²) in [5.74, 6) is 0.677. The predicted octanol–water partition coefficient (Wildman–Crippen LogP) is 2.98. The molecule has 24 heavy (non-hydrogen) atoms. The Morgan fingerprint density at radius 1 is 1.17 bits per heavy atom. The Labute approximate surface area is 140 Å². The van der Waals surface area contributed by atoms with Crippen LogP contribution in [0.25, 0.3) is 0 Å². The van der Waals surface area contributed by atoms with Crippen molar-refractivity contribution in [3.05, 3.63) is 54.4 Å². The molecule has 1 amide bonds. The van der Waals surface area contributed by atoms with Gasteiger partial charge in [-0.15, -0.1) is 0 Å². The topological polar surface area (TPSA) is 60.9 Å². The number of carbonyl (C=O) groups is 1. The van der Waals surface area contributed by atoms with Crippen LogP contribution in [0.1, 0.15) is 18.4 Å². The Bertz CT molecular complexity index is 727. The molecule has 1 saturated heterocycles. The number of likely N-dealkylation sites (tertiary alicyclic amines) is 1. The second-order valence-corrected chi connectivity index (χ2v) is 5.95. The first-order chi connectivity index (χ1) is 11.7. The number of nitrogens with zero attached hydrogens (tertiary/aromatic N) is 2. The van der Waals surface area contributed by atoms with Crippen molar-refractivity contribution < 1.29 is 19.0 Å². The highest BCUT2D eigenvalue weighted by atomic mass is 16.7. The fourth-order valence-corrected chi connectivity index (χ4v) is 3.01. The Balaban J connectivity index is 1.38. The molecule has 0 atom stereocenters. The summed E-state index contributed by atoms with van der Waals surface area (Å²) in [4.78, 5) is 17.8. The van der Waals surface area contributed by atoms with Gasteiger partial charge in [-0.3, -0.25) is 4.98 Å². The van der Waals surface area contributed by atoms with E-state index in [2.05, 4.69) is 4.98 Å². The lowest BCUT2D eigenvalue weighted by Crippen LogP contribution is -2.53. The molecule has 1 aromatic heterocycles. The van der Waals surface area contributed by atoms with Gasteiger partial charge >= 0.3 is 6.09 Å². The van der Waals surface area contributed by atoms with E-state index in [9.17, 15) is 4.79 Å². The summed E-state index contributed by atoms with van der Waals surface area (Å²) < 4.78 is 17.4. The van der Waals surface area contributed by atoms with Crippen molar-refractivity contribution in [3.63, 3.8) is 0 Å². The quantitative estimate of drug-likeness (QED) is 0.806. The van der Waals surface area contributed by atoms with Crippen LogP contribution < -0.4 is 9.47 Å². The van der Waals surface area contributed by atoms with Gasteiger partial charge < -0.3 is 19.1 Å².